The molecule has 3 aliphatic rings. The molecule has 1 amide bonds. The summed E-state index contributed by atoms with van der Waals surface area (Å²) in [6, 6.07) is 0. The van der Waals surface area contributed by atoms with Gasteiger partial charge in [-0.15, -0.1) is 0 Å². The molecule has 4 heteroatoms. The number of likely N-dealkylation sites (tertiary alicyclic amines) is 1. The zero-order valence-electron chi connectivity index (χ0n) is 11.6. The van der Waals surface area contributed by atoms with Crippen molar-refractivity contribution in [3.8, 4) is 0 Å². The Morgan fingerprint density at radius 3 is 2.68 bits per heavy atom. The van der Waals surface area contributed by atoms with Crippen molar-refractivity contribution in [2.45, 2.75) is 39.3 Å². The van der Waals surface area contributed by atoms with Crippen molar-refractivity contribution in [2.75, 3.05) is 13.1 Å². The van der Waals surface area contributed by atoms with Gasteiger partial charge in [0, 0.05) is 25.5 Å². The third kappa shape index (κ3) is 2.27. The van der Waals surface area contributed by atoms with Gasteiger partial charge < -0.3 is 15.1 Å². The van der Waals surface area contributed by atoms with Crippen LogP contribution in [-0.2, 0) is 4.79 Å². The van der Waals surface area contributed by atoms with Crippen LogP contribution in [-0.4, -0.2) is 35.0 Å². The van der Waals surface area contributed by atoms with Gasteiger partial charge >= 0.3 is 0 Å². The molecule has 0 aromatic rings. The van der Waals surface area contributed by atoms with Crippen LogP contribution in [0.1, 0.15) is 33.1 Å². The van der Waals surface area contributed by atoms with E-state index < -0.39 is 0 Å². The molecule has 1 N–H and O–H groups in total. The van der Waals surface area contributed by atoms with Gasteiger partial charge in [-0.2, -0.15) is 0 Å². The van der Waals surface area contributed by atoms with Gasteiger partial charge in [0.05, 0.1) is 0 Å². The van der Waals surface area contributed by atoms with Crippen molar-refractivity contribution in [1.82, 2.24) is 15.1 Å². The minimum Gasteiger partial charge on any atom is -0.356 e. The van der Waals surface area contributed by atoms with Gasteiger partial charge in [0.2, 0.25) is 0 Å². The van der Waals surface area contributed by atoms with Crippen molar-refractivity contribution >= 4 is 5.91 Å². The van der Waals surface area contributed by atoms with Gasteiger partial charge in [0.25, 0.3) is 5.91 Å². The fraction of sp³-hybridized carbons (Fsp3) is 0.533. The van der Waals surface area contributed by atoms with E-state index >= 15 is 0 Å². The van der Waals surface area contributed by atoms with E-state index in [1.807, 2.05) is 11.1 Å². The average molecular weight is 259 g/mol. The largest absolute Gasteiger partial charge is 0.356 e. The van der Waals surface area contributed by atoms with Crippen molar-refractivity contribution < 1.29 is 4.79 Å². The molecule has 0 bridgehead atoms. The van der Waals surface area contributed by atoms with Crippen molar-refractivity contribution in [3.05, 3.63) is 35.3 Å². The Morgan fingerprint density at radius 2 is 1.95 bits per heavy atom. The summed E-state index contributed by atoms with van der Waals surface area (Å²) in [5.41, 5.74) is 3.20. The van der Waals surface area contributed by atoms with E-state index in [1.54, 1.807) is 0 Å². The van der Waals surface area contributed by atoms with Crippen LogP contribution < -0.4 is 5.32 Å². The number of carbonyl (C=O) groups is 1. The van der Waals surface area contributed by atoms with Gasteiger partial charge in [0.1, 0.15) is 11.9 Å². The summed E-state index contributed by atoms with van der Waals surface area (Å²) in [5.74, 6) is 0.146. The Balaban J connectivity index is 1.75. The van der Waals surface area contributed by atoms with E-state index in [2.05, 4.69) is 36.3 Å². The van der Waals surface area contributed by atoms with Crippen molar-refractivity contribution in [3.63, 3.8) is 0 Å². The number of nitrogens with zero attached hydrogens (tertiary/aromatic N) is 2. The molecule has 3 heterocycles. The van der Waals surface area contributed by atoms with E-state index in [4.69, 9.17) is 0 Å². The van der Waals surface area contributed by atoms with Gasteiger partial charge in [-0.1, -0.05) is 6.08 Å². The molecule has 3 rings (SSSR count). The number of fused-ring (bicyclic) bond motifs is 1. The van der Waals surface area contributed by atoms with Crippen molar-refractivity contribution in [2.24, 2.45) is 0 Å². The van der Waals surface area contributed by atoms with Gasteiger partial charge in [0.15, 0.2) is 0 Å². The third-order valence-corrected chi connectivity index (χ3v) is 3.98. The Morgan fingerprint density at radius 1 is 1.21 bits per heavy atom. The number of carbonyl (C=O) groups excluding carboxylic acids is 1. The van der Waals surface area contributed by atoms with Crippen LogP contribution in [0.5, 0.6) is 0 Å². The second-order valence-corrected chi connectivity index (χ2v) is 5.65. The lowest BCUT2D eigenvalue weighted by Crippen LogP contribution is -2.42. The highest BCUT2D eigenvalue weighted by molar-refractivity contribution is 5.93. The molecule has 1 saturated heterocycles. The quantitative estimate of drug-likeness (QED) is 0.781. The number of rotatable bonds is 1. The molecule has 0 aliphatic carbocycles. The molecule has 0 saturated carbocycles. The zero-order chi connectivity index (χ0) is 13.4. The highest BCUT2D eigenvalue weighted by Crippen LogP contribution is 2.25. The van der Waals surface area contributed by atoms with Crippen LogP contribution in [0.3, 0.4) is 0 Å². The molecule has 1 unspecified atom stereocenters. The van der Waals surface area contributed by atoms with Crippen LogP contribution in [0.25, 0.3) is 0 Å². The van der Waals surface area contributed by atoms with E-state index in [9.17, 15) is 4.79 Å². The summed E-state index contributed by atoms with van der Waals surface area (Å²) in [4.78, 5) is 16.5. The molecule has 0 aromatic heterocycles. The Hall–Kier alpha value is -1.71. The average Bonchev–Trinajstić information content (AvgIpc) is 2.83. The predicted octanol–water partition coefficient (Wildman–Crippen LogP) is 1.94. The molecular formula is C15H21N3O. The minimum absolute atomic E-state index is 0.118. The smallest absolute Gasteiger partial charge is 0.271 e. The summed E-state index contributed by atoms with van der Waals surface area (Å²) in [6.45, 7) is 5.97. The Kier molecular flexibility index (Phi) is 3.09. The van der Waals surface area contributed by atoms with Crippen LogP contribution in [0.2, 0.25) is 0 Å². The molecule has 3 aliphatic heterocycles. The van der Waals surface area contributed by atoms with Gasteiger partial charge in [-0.3, -0.25) is 4.79 Å². The molecule has 19 heavy (non-hydrogen) atoms. The lowest BCUT2D eigenvalue weighted by Gasteiger charge is -2.28. The third-order valence-electron chi connectivity index (χ3n) is 3.98. The summed E-state index contributed by atoms with van der Waals surface area (Å²) in [7, 11) is 0. The SMILES string of the molecule is CC1=CN2C=C(C(=O)N3CCCCC3)NC2C(C)=C1. The molecule has 0 spiro atoms. The van der Waals surface area contributed by atoms with Crippen LogP contribution in [0.4, 0.5) is 0 Å². The second-order valence-electron chi connectivity index (χ2n) is 5.65. The first-order valence-corrected chi connectivity index (χ1v) is 7.07. The first kappa shape index (κ1) is 12.3. The maximum Gasteiger partial charge on any atom is 0.271 e. The van der Waals surface area contributed by atoms with E-state index in [1.165, 1.54) is 17.6 Å². The predicted molar refractivity (Wildman–Crippen MR) is 74.8 cm³/mol. The van der Waals surface area contributed by atoms with E-state index in [0.717, 1.165) is 31.6 Å². The zero-order valence-corrected chi connectivity index (χ0v) is 11.6. The molecule has 4 nitrogen and oxygen atoms in total. The van der Waals surface area contributed by atoms with Crippen LogP contribution in [0, 0.1) is 0 Å². The number of nitrogens with one attached hydrogen (secondary N) is 1. The number of piperidine rings is 1. The van der Waals surface area contributed by atoms with E-state index in [-0.39, 0.29) is 12.1 Å². The highest BCUT2D eigenvalue weighted by Gasteiger charge is 2.31. The maximum absolute atomic E-state index is 12.5. The lowest BCUT2D eigenvalue weighted by atomic mass is 10.1. The number of allylic oxidation sites excluding steroid dienone is 2. The number of amides is 1. The molecule has 1 atom stereocenters. The topological polar surface area (TPSA) is 35.6 Å². The summed E-state index contributed by atoms with van der Waals surface area (Å²) in [6.07, 6.45) is 9.81. The molecule has 0 radical (unpaired) electrons. The summed E-state index contributed by atoms with van der Waals surface area (Å²) in [5, 5.41) is 3.34. The van der Waals surface area contributed by atoms with Crippen LogP contribution >= 0.6 is 0 Å². The van der Waals surface area contributed by atoms with Crippen molar-refractivity contribution in [1.29, 1.82) is 0 Å². The summed E-state index contributed by atoms with van der Waals surface area (Å²) >= 11 is 0. The van der Waals surface area contributed by atoms with E-state index in [0.29, 0.717) is 0 Å². The number of hydrogen-bond donors (Lipinski definition) is 1. The Bertz CT molecular complexity index is 484. The minimum atomic E-state index is 0.118. The van der Waals surface area contributed by atoms with Gasteiger partial charge in [-0.05, 0) is 44.3 Å². The molecule has 102 valence electrons. The normalized spacial score (nSPS) is 26.2. The van der Waals surface area contributed by atoms with Crippen LogP contribution in [0.15, 0.2) is 35.3 Å². The standard InChI is InChI=1S/C15H21N3O/c1-11-8-12(2)14-16-13(10-18(14)9-11)15(19)17-6-4-3-5-7-17/h8-10,14,16H,3-7H2,1-2H3. The first-order valence-electron chi connectivity index (χ1n) is 7.07. The summed E-state index contributed by atoms with van der Waals surface area (Å²) < 4.78 is 0. The Labute approximate surface area is 114 Å². The fourth-order valence-corrected chi connectivity index (χ4v) is 3.04. The molecular weight excluding hydrogens is 238 g/mol. The first-order chi connectivity index (χ1) is 9.15. The maximum atomic E-state index is 12.5. The fourth-order valence-electron chi connectivity index (χ4n) is 3.04. The molecule has 1 fully saturated rings. The molecule has 0 aromatic carbocycles. The number of hydrogen-bond acceptors (Lipinski definition) is 3. The monoisotopic (exact) mass is 259 g/mol. The highest BCUT2D eigenvalue weighted by atomic mass is 16.2. The lowest BCUT2D eigenvalue weighted by molar-refractivity contribution is -0.128. The second kappa shape index (κ2) is 4.76. The van der Waals surface area contributed by atoms with Gasteiger partial charge in [-0.25, -0.2) is 0 Å².